The Hall–Kier alpha value is -0.195. The SMILES string of the molecule is CC1=C([B]CC(C)(C)C(C)(C)C)CCCC1. The van der Waals surface area contributed by atoms with Gasteiger partial charge in [0.05, 0.1) is 0 Å². The molecule has 0 aromatic heterocycles. The Kier molecular flexibility index (Phi) is 4.32. The summed E-state index contributed by atoms with van der Waals surface area (Å²) in [6.45, 7) is 14.1. The second-order valence-electron chi connectivity index (χ2n) is 7.05. The lowest BCUT2D eigenvalue weighted by Crippen LogP contribution is -2.31. The van der Waals surface area contributed by atoms with Crippen molar-refractivity contribution in [2.24, 2.45) is 10.8 Å². The molecule has 1 rings (SSSR count). The average molecular weight is 219 g/mol. The van der Waals surface area contributed by atoms with Gasteiger partial charge in [-0.3, -0.25) is 0 Å². The summed E-state index contributed by atoms with van der Waals surface area (Å²) in [5.74, 6) is 0. The molecule has 0 saturated carbocycles. The van der Waals surface area contributed by atoms with E-state index in [9.17, 15) is 0 Å². The van der Waals surface area contributed by atoms with Crippen LogP contribution in [0.4, 0.5) is 0 Å². The molecule has 0 fully saturated rings. The Labute approximate surface area is 103 Å². The van der Waals surface area contributed by atoms with Crippen LogP contribution in [-0.4, -0.2) is 7.28 Å². The molecule has 0 nitrogen and oxygen atoms in total. The summed E-state index contributed by atoms with van der Waals surface area (Å²) in [5, 5.41) is 0. The highest BCUT2D eigenvalue weighted by molar-refractivity contribution is 6.45. The first-order valence-corrected chi connectivity index (χ1v) is 6.76. The maximum absolute atomic E-state index is 2.51. The quantitative estimate of drug-likeness (QED) is 0.584. The normalized spacial score (nSPS) is 18.9. The zero-order chi connectivity index (χ0) is 12.4. The van der Waals surface area contributed by atoms with Crippen LogP contribution in [-0.2, 0) is 0 Å². The van der Waals surface area contributed by atoms with Crippen LogP contribution >= 0.6 is 0 Å². The monoisotopic (exact) mass is 219 g/mol. The number of allylic oxidation sites excluding steroid dienone is 2. The molecule has 0 aromatic carbocycles. The van der Waals surface area contributed by atoms with Gasteiger partial charge in [0, 0.05) is 0 Å². The van der Waals surface area contributed by atoms with Crippen LogP contribution in [0.5, 0.6) is 0 Å². The highest BCUT2D eigenvalue weighted by Gasteiger charge is 2.32. The van der Waals surface area contributed by atoms with Crippen molar-refractivity contribution in [1.29, 1.82) is 0 Å². The first-order chi connectivity index (χ1) is 7.24. The van der Waals surface area contributed by atoms with Gasteiger partial charge in [0.2, 0.25) is 0 Å². The Bertz CT molecular complexity index is 266. The summed E-state index contributed by atoms with van der Waals surface area (Å²) in [5.41, 5.74) is 4.05. The minimum absolute atomic E-state index is 0.382. The smallest absolute Gasteiger partial charge is 0.110 e. The molecule has 0 heterocycles. The summed E-state index contributed by atoms with van der Waals surface area (Å²) in [6.07, 6.45) is 6.63. The Morgan fingerprint density at radius 2 is 1.56 bits per heavy atom. The zero-order valence-corrected chi connectivity index (χ0v) is 12.1. The Morgan fingerprint density at radius 1 is 1.00 bits per heavy atom. The molecule has 91 valence electrons. The van der Waals surface area contributed by atoms with E-state index < -0.39 is 0 Å². The molecule has 1 aliphatic rings. The molecule has 0 aromatic rings. The molecule has 0 bridgehead atoms. The van der Waals surface area contributed by atoms with Crippen LogP contribution in [0, 0.1) is 10.8 Å². The lowest BCUT2D eigenvalue weighted by Gasteiger charge is -2.39. The molecule has 1 radical (unpaired) electrons. The third-order valence-corrected chi connectivity index (χ3v) is 4.69. The van der Waals surface area contributed by atoms with Gasteiger partial charge in [-0.2, -0.15) is 0 Å². The fourth-order valence-corrected chi connectivity index (χ4v) is 2.04. The number of hydrogen-bond acceptors (Lipinski definition) is 0. The molecule has 0 saturated heterocycles. The summed E-state index contributed by atoms with van der Waals surface area (Å²) in [4.78, 5) is 0. The van der Waals surface area contributed by atoms with Crippen molar-refractivity contribution in [2.75, 3.05) is 0 Å². The van der Waals surface area contributed by atoms with Crippen LogP contribution in [0.1, 0.15) is 67.2 Å². The van der Waals surface area contributed by atoms with Crippen LogP contribution < -0.4 is 0 Å². The van der Waals surface area contributed by atoms with E-state index >= 15 is 0 Å². The van der Waals surface area contributed by atoms with Crippen molar-refractivity contribution >= 4 is 7.28 Å². The van der Waals surface area contributed by atoms with E-state index in [0.717, 1.165) is 0 Å². The van der Waals surface area contributed by atoms with Gasteiger partial charge in [0.15, 0.2) is 0 Å². The van der Waals surface area contributed by atoms with Gasteiger partial charge in [-0.15, -0.1) is 5.47 Å². The minimum atomic E-state index is 0.382. The maximum atomic E-state index is 2.51. The Balaban J connectivity index is 2.57. The average Bonchev–Trinajstić information content (AvgIpc) is 2.15. The van der Waals surface area contributed by atoms with E-state index in [1.165, 1.54) is 32.0 Å². The van der Waals surface area contributed by atoms with Gasteiger partial charge in [0.1, 0.15) is 7.28 Å². The summed E-state index contributed by atoms with van der Waals surface area (Å²) >= 11 is 0. The van der Waals surface area contributed by atoms with Crippen LogP contribution in [0.3, 0.4) is 0 Å². The van der Waals surface area contributed by atoms with Crippen molar-refractivity contribution in [2.45, 2.75) is 73.5 Å². The predicted octanol–water partition coefficient (Wildman–Crippen LogP) is 5.03. The topological polar surface area (TPSA) is 0 Å². The molecule has 0 amide bonds. The maximum Gasteiger partial charge on any atom is 0.146 e. The molecule has 1 heteroatoms. The third kappa shape index (κ3) is 3.40. The second-order valence-corrected chi connectivity index (χ2v) is 7.05. The molecule has 0 N–H and O–H groups in total. The largest absolute Gasteiger partial charge is 0.146 e. The first-order valence-electron chi connectivity index (χ1n) is 6.76. The standard InChI is InChI=1S/C15H28B/c1-12-9-7-8-10-13(12)16-11-15(5,6)14(2,3)4/h7-11H2,1-6H3. The van der Waals surface area contributed by atoms with Crippen molar-refractivity contribution in [3.05, 3.63) is 11.0 Å². The van der Waals surface area contributed by atoms with Gasteiger partial charge >= 0.3 is 0 Å². The van der Waals surface area contributed by atoms with Crippen molar-refractivity contribution in [1.82, 2.24) is 0 Å². The Morgan fingerprint density at radius 3 is 2.06 bits per heavy atom. The van der Waals surface area contributed by atoms with Gasteiger partial charge in [-0.05, 0) is 37.0 Å². The summed E-state index contributed by atoms with van der Waals surface area (Å²) in [7, 11) is 2.51. The predicted molar refractivity (Wildman–Crippen MR) is 75.0 cm³/mol. The van der Waals surface area contributed by atoms with Crippen LogP contribution in [0.2, 0.25) is 6.32 Å². The fraction of sp³-hybridized carbons (Fsp3) is 0.867. The van der Waals surface area contributed by atoms with Gasteiger partial charge in [-0.1, -0.05) is 52.9 Å². The van der Waals surface area contributed by atoms with Gasteiger partial charge < -0.3 is 0 Å². The second kappa shape index (κ2) is 4.98. The summed E-state index contributed by atoms with van der Waals surface area (Å²) in [6, 6.07) is 0. The van der Waals surface area contributed by atoms with E-state index in [1.807, 2.05) is 0 Å². The highest BCUT2D eigenvalue weighted by Crippen LogP contribution is 2.41. The third-order valence-electron chi connectivity index (χ3n) is 4.69. The first kappa shape index (κ1) is 13.9. The number of rotatable bonds is 3. The van der Waals surface area contributed by atoms with E-state index in [1.54, 1.807) is 11.0 Å². The van der Waals surface area contributed by atoms with Crippen molar-refractivity contribution in [3.8, 4) is 0 Å². The van der Waals surface area contributed by atoms with E-state index in [2.05, 4.69) is 48.8 Å². The molecule has 0 aliphatic heterocycles. The molecule has 0 spiro atoms. The molecule has 0 atom stereocenters. The lowest BCUT2D eigenvalue weighted by atomic mass is 9.51. The fourth-order valence-electron chi connectivity index (χ4n) is 2.04. The van der Waals surface area contributed by atoms with Gasteiger partial charge in [0.25, 0.3) is 0 Å². The van der Waals surface area contributed by atoms with Crippen molar-refractivity contribution in [3.63, 3.8) is 0 Å². The molecule has 1 aliphatic carbocycles. The zero-order valence-electron chi connectivity index (χ0n) is 12.1. The number of hydrogen-bond donors (Lipinski definition) is 0. The summed E-state index contributed by atoms with van der Waals surface area (Å²) < 4.78 is 0. The van der Waals surface area contributed by atoms with E-state index in [4.69, 9.17) is 0 Å². The highest BCUT2D eigenvalue weighted by atomic mass is 14.3. The molecular weight excluding hydrogens is 191 g/mol. The van der Waals surface area contributed by atoms with Crippen molar-refractivity contribution < 1.29 is 0 Å². The molecule has 0 unspecified atom stereocenters. The van der Waals surface area contributed by atoms with Crippen LogP contribution in [0.25, 0.3) is 0 Å². The van der Waals surface area contributed by atoms with E-state index in [-0.39, 0.29) is 0 Å². The molecular formula is C15H28B. The minimum Gasteiger partial charge on any atom is -0.110 e. The van der Waals surface area contributed by atoms with Crippen LogP contribution in [0.15, 0.2) is 11.0 Å². The molecule has 16 heavy (non-hydrogen) atoms. The van der Waals surface area contributed by atoms with Gasteiger partial charge in [-0.25, -0.2) is 0 Å². The lowest BCUT2D eigenvalue weighted by molar-refractivity contribution is 0.156. The van der Waals surface area contributed by atoms with E-state index in [0.29, 0.717) is 10.8 Å².